The van der Waals surface area contributed by atoms with Crippen molar-refractivity contribution in [1.82, 2.24) is 9.78 Å². The number of aliphatic hydroxyl groups excluding tert-OH is 1. The average molecular weight is 234 g/mol. The largest absolute Gasteiger partial charge is 0.394 e. The van der Waals surface area contributed by atoms with Crippen LogP contribution in [0.2, 0.25) is 0 Å². The molecule has 1 heterocycles. The topological polar surface area (TPSA) is 59.3 Å². The lowest BCUT2D eigenvalue weighted by atomic mass is 10.5. The Morgan fingerprint density at radius 3 is 3.13 bits per heavy atom. The molecule has 0 spiro atoms. The van der Waals surface area contributed by atoms with Crippen molar-refractivity contribution in [2.24, 2.45) is 0 Å². The number of nitrogens with one attached hydrogen (secondary N) is 1. The van der Waals surface area contributed by atoms with Crippen LogP contribution in [0.3, 0.4) is 0 Å². The molecule has 1 aromatic heterocycles. The zero-order chi connectivity index (χ0) is 10.9. The van der Waals surface area contributed by atoms with E-state index in [1.165, 1.54) is 0 Å². The number of aromatic nitrogens is 2. The van der Waals surface area contributed by atoms with Crippen molar-refractivity contribution < 1.29 is 9.84 Å². The quantitative estimate of drug-likeness (QED) is 0.508. The Balaban J connectivity index is 2.20. The molecule has 0 radical (unpaired) electrons. The Hall–Kier alpha value is -0.780. The minimum atomic E-state index is 0.0572. The lowest BCUT2D eigenvalue weighted by Gasteiger charge is -2.02. The second-order valence-corrected chi connectivity index (χ2v) is 3.32. The normalized spacial score (nSPS) is 10.5. The van der Waals surface area contributed by atoms with Gasteiger partial charge in [-0.15, -0.1) is 11.6 Å². The SMILES string of the molecule is OCCOCCn1cc(NCCCl)cn1. The summed E-state index contributed by atoms with van der Waals surface area (Å²) in [5.74, 6) is 0.574. The predicted molar refractivity (Wildman–Crippen MR) is 59.3 cm³/mol. The number of aliphatic hydroxyl groups is 1. The predicted octanol–water partition coefficient (Wildman–Crippen LogP) is 0.543. The molecule has 0 aliphatic heterocycles. The van der Waals surface area contributed by atoms with Crippen molar-refractivity contribution in [3.05, 3.63) is 12.4 Å². The highest BCUT2D eigenvalue weighted by atomic mass is 35.5. The first-order chi connectivity index (χ1) is 7.36. The van der Waals surface area contributed by atoms with Crippen molar-refractivity contribution >= 4 is 17.3 Å². The fourth-order valence-corrected chi connectivity index (χ4v) is 1.19. The van der Waals surface area contributed by atoms with Gasteiger partial charge in [0.2, 0.25) is 0 Å². The summed E-state index contributed by atoms with van der Waals surface area (Å²) in [5.41, 5.74) is 0.956. The molecular formula is C9H16ClN3O2. The maximum absolute atomic E-state index is 8.49. The van der Waals surface area contributed by atoms with Gasteiger partial charge in [-0.2, -0.15) is 5.10 Å². The van der Waals surface area contributed by atoms with Crippen LogP contribution in [0.4, 0.5) is 5.69 Å². The Morgan fingerprint density at radius 2 is 2.40 bits per heavy atom. The Kier molecular flexibility index (Phi) is 6.15. The fraction of sp³-hybridized carbons (Fsp3) is 0.667. The fourth-order valence-electron chi connectivity index (χ4n) is 1.09. The van der Waals surface area contributed by atoms with Crippen LogP contribution in [0.25, 0.3) is 0 Å². The highest BCUT2D eigenvalue weighted by Gasteiger charge is 1.97. The maximum atomic E-state index is 8.49. The van der Waals surface area contributed by atoms with Gasteiger partial charge in [0.1, 0.15) is 0 Å². The standard InChI is InChI=1S/C9H16ClN3O2/c10-1-2-11-9-7-12-13(8-9)3-5-15-6-4-14/h7-8,11,14H,1-6H2. The smallest absolute Gasteiger partial charge is 0.0726 e. The molecule has 15 heavy (non-hydrogen) atoms. The summed E-state index contributed by atoms with van der Waals surface area (Å²) >= 11 is 5.54. The van der Waals surface area contributed by atoms with Crippen LogP contribution in [0.15, 0.2) is 12.4 Å². The van der Waals surface area contributed by atoms with E-state index in [-0.39, 0.29) is 6.61 Å². The van der Waals surface area contributed by atoms with Crippen LogP contribution in [0.1, 0.15) is 0 Å². The van der Waals surface area contributed by atoms with Crippen molar-refractivity contribution in [3.63, 3.8) is 0 Å². The number of hydrogen-bond acceptors (Lipinski definition) is 4. The summed E-state index contributed by atoms with van der Waals surface area (Å²) in [4.78, 5) is 0. The molecule has 5 nitrogen and oxygen atoms in total. The molecule has 0 saturated heterocycles. The molecule has 0 atom stereocenters. The summed E-state index contributed by atoms with van der Waals surface area (Å²) in [6.07, 6.45) is 3.65. The minimum Gasteiger partial charge on any atom is -0.394 e. The minimum absolute atomic E-state index is 0.0572. The second kappa shape index (κ2) is 7.50. The first-order valence-electron chi connectivity index (χ1n) is 4.87. The van der Waals surface area contributed by atoms with Gasteiger partial charge in [0.25, 0.3) is 0 Å². The second-order valence-electron chi connectivity index (χ2n) is 2.94. The highest BCUT2D eigenvalue weighted by Crippen LogP contribution is 2.03. The van der Waals surface area contributed by atoms with E-state index < -0.39 is 0 Å². The van der Waals surface area contributed by atoms with Crippen molar-refractivity contribution in [2.45, 2.75) is 6.54 Å². The third-order valence-electron chi connectivity index (χ3n) is 1.76. The molecule has 6 heteroatoms. The van der Waals surface area contributed by atoms with Crippen molar-refractivity contribution in [3.8, 4) is 0 Å². The van der Waals surface area contributed by atoms with Gasteiger partial charge in [0.05, 0.1) is 38.2 Å². The van der Waals surface area contributed by atoms with E-state index in [0.29, 0.717) is 25.6 Å². The summed E-state index contributed by atoms with van der Waals surface area (Å²) in [7, 11) is 0. The molecule has 0 amide bonds. The molecule has 86 valence electrons. The molecule has 0 saturated carbocycles. The lowest BCUT2D eigenvalue weighted by Crippen LogP contribution is -2.08. The van der Waals surface area contributed by atoms with E-state index in [2.05, 4.69) is 10.4 Å². The van der Waals surface area contributed by atoms with E-state index in [9.17, 15) is 0 Å². The molecule has 1 rings (SSSR count). The van der Waals surface area contributed by atoms with Gasteiger partial charge in [0.15, 0.2) is 0 Å². The summed E-state index contributed by atoms with van der Waals surface area (Å²) in [6.45, 7) is 2.40. The number of ether oxygens (including phenoxy) is 1. The van der Waals surface area contributed by atoms with Crippen LogP contribution >= 0.6 is 11.6 Å². The third kappa shape index (κ3) is 5.01. The molecule has 0 fully saturated rings. The van der Waals surface area contributed by atoms with Crippen LogP contribution < -0.4 is 5.32 Å². The number of hydrogen-bond donors (Lipinski definition) is 2. The first-order valence-corrected chi connectivity index (χ1v) is 5.41. The molecule has 0 aromatic carbocycles. The number of anilines is 1. The Morgan fingerprint density at radius 1 is 1.53 bits per heavy atom. The zero-order valence-corrected chi connectivity index (χ0v) is 9.28. The van der Waals surface area contributed by atoms with Gasteiger partial charge in [-0.05, 0) is 0 Å². The van der Waals surface area contributed by atoms with Gasteiger partial charge in [-0.3, -0.25) is 4.68 Å². The molecule has 1 aromatic rings. The monoisotopic (exact) mass is 233 g/mol. The van der Waals surface area contributed by atoms with E-state index in [0.717, 1.165) is 12.2 Å². The van der Waals surface area contributed by atoms with Crippen LogP contribution in [-0.2, 0) is 11.3 Å². The molecule has 0 bridgehead atoms. The van der Waals surface area contributed by atoms with Crippen LogP contribution in [-0.4, -0.2) is 47.1 Å². The number of rotatable bonds is 8. The molecule has 0 aliphatic rings. The number of alkyl halides is 1. The third-order valence-corrected chi connectivity index (χ3v) is 1.95. The highest BCUT2D eigenvalue weighted by molar-refractivity contribution is 6.18. The van der Waals surface area contributed by atoms with Crippen LogP contribution in [0.5, 0.6) is 0 Å². The first kappa shape index (κ1) is 12.3. The van der Waals surface area contributed by atoms with Crippen molar-refractivity contribution in [2.75, 3.05) is 37.6 Å². The summed E-state index contributed by atoms with van der Waals surface area (Å²) in [5, 5.41) is 15.8. The van der Waals surface area contributed by atoms with Crippen LogP contribution in [0, 0.1) is 0 Å². The molecular weight excluding hydrogens is 218 g/mol. The van der Waals surface area contributed by atoms with Gasteiger partial charge >= 0.3 is 0 Å². The summed E-state index contributed by atoms with van der Waals surface area (Å²) < 4.78 is 6.91. The number of nitrogens with zero attached hydrogens (tertiary/aromatic N) is 2. The zero-order valence-electron chi connectivity index (χ0n) is 8.53. The van der Waals surface area contributed by atoms with Gasteiger partial charge in [-0.1, -0.05) is 0 Å². The lowest BCUT2D eigenvalue weighted by molar-refractivity contribution is 0.0854. The number of halogens is 1. The molecule has 2 N–H and O–H groups in total. The Labute approximate surface area is 94.0 Å². The maximum Gasteiger partial charge on any atom is 0.0726 e. The van der Waals surface area contributed by atoms with Gasteiger partial charge in [0, 0.05) is 18.6 Å². The van der Waals surface area contributed by atoms with E-state index in [1.54, 1.807) is 10.9 Å². The molecule has 0 aliphatic carbocycles. The van der Waals surface area contributed by atoms with E-state index in [1.807, 2.05) is 6.20 Å². The summed E-state index contributed by atoms with van der Waals surface area (Å²) in [6, 6.07) is 0. The average Bonchev–Trinajstić information content (AvgIpc) is 2.69. The van der Waals surface area contributed by atoms with Gasteiger partial charge in [-0.25, -0.2) is 0 Å². The van der Waals surface area contributed by atoms with Gasteiger partial charge < -0.3 is 15.2 Å². The van der Waals surface area contributed by atoms with E-state index >= 15 is 0 Å². The van der Waals surface area contributed by atoms with E-state index in [4.69, 9.17) is 21.4 Å². The van der Waals surface area contributed by atoms with Crippen molar-refractivity contribution in [1.29, 1.82) is 0 Å². The molecule has 0 unspecified atom stereocenters. The Bertz CT molecular complexity index is 268.